The maximum absolute atomic E-state index is 10.9. The molecule has 0 aliphatic rings. The molecule has 41 heavy (non-hydrogen) atoms. The first-order valence-electron chi connectivity index (χ1n) is 14.2. The van der Waals surface area contributed by atoms with Gasteiger partial charge >= 0.3 is 254 Å². The molecule has 0 unspecified atom stereocenters. The first-order chi connectivity index (χ1) is 19.9. The second kappa shape index (κ2) is 14.1. The summed E-state index contributed by atoms with van der Waals surface area (Å²) in [6.45, 7) is 7.97. The SMILES string of the molecule is CCO[Si](CCCOc1ccc(O)cc1P(Br)(c1ccccc1)(c1ccccc1)c1ccccc1)(OCC)OCC. The predicted octanol–water partition coefficient (Wildman–Crippen LogP) is 6.67. The van der Waals surface area contributed by atoms with E-state index in [0.717, 1.165) is 21.2 Å². The van der Waals surface area contributed by atoms with Crippen molar-refractivity contribution in [2.24, 2.45) is 0 Å². The van der Waals surface area contributed by atoms with Crippen LogP contribution in [-0.2, 0) is 13.3 Å². The molecule has 8 heteroatoms. The molecule has 218 valence electrons. The van der Waals surface area contributed by atoms with Crippen LogP contribution in [0.3, 0.4) is 0 Å². The van der Waals surface area contributed by atoms with E-state index in [1.54, 1.807) is 6.07 Å². The van der Waals surface area contributed by atoms with Crippen LogP contribution >= 0.6 is 20.8 Å². The zero-order chi connectivity index (χ0) is 29.2. The van der Waals surface area contributed by atoms with Crippen molar-refractivity contribution in [2.45, 2.75) is 33.2 Å². The van der Waals surface area contributed by atoms with E-state index in [9.17, 15) is 5.11 Å². The number of halogens is 1. The summed E-state index contributed by atoms with van der Waals surface area (Å²) in [5, 5.41) is 11.6. The minimum atomic E-state index is -3.58. The average Bonchev–Trinajstić information content (AvgIpc) is 3.01. The van der Waals surface area contributed by atoms with Crippen LogP contribution in [0.4, 0.5) is 0 Å². The van der Waals surface area contributed by atoms with Crippen LogP contribution in [-0.4, -0.2) is 40.3 Å². The van der Waals surface area contributed by atoms with Crippen molar-refractivity contribution in [1.29, 1.82) is 0 Å². The molecule has 0 aromatic heterocycles. The Hall–Kier alpha value is -2.51. The Labute approximate surface area is 253 Å². The van der Waals surface area contributed by atoms with Gasteiger partial charge in [-0.15, -0.1) is 0 Å². The van der Waals surface area contributed by atoms with Gasteiger partial charge in [0.1, 0.15) is 0 Å². The molecular weight excluding hydrogens is 615 g/mol. The summed E-state index contributed by atoms with van der Waals surface area (Å²) in [5.41, 5.74) is 0. The fourth-order valence-electron chi connectivity index (χ4n) is 5.42. The zero-order valence-corrected chi connectivity index (χ0v) is 27.5. The molecule has 0 amide bonds. The maximum atomic E-state index is 10.9. The molecule has 0 saturated carbocycles. The van der Waals surface area contributed by atoms with Gasteiger partial charge in [0.15, 0.2) is 0 Å². The number of phenols is 1. The third-order valence-electron chi connectivity index (χ3n) is 7.10. The van der Waals surface area contributed by atoms with E-state index >= 15 is 0 Å². The quantitative estimate of drug-likeness (QED) is 0.0881. The molecule has 0 bridgehead atoms. The van der Waals surface area contributed by atoms with Crippen LogP contribution in [0, 0.1) is 0 Å². The summed E-state index contributed by atoms with van der Waals surface area (Å²) in [5.74, 6) is 0.893. The molecule has 0 aliphatic carbocycles. The predicted molar refractivity (Wildman–Crippen MR) is 177 cm³/mol. The second-order valence-corrected chi connectivity index (χ2v) is 20.6. The fraction of sp³-hybridized carbons (Fsp3) is 0.273. The molecule has 0 fully saturated rings. The van der Waals surface area contributed by atoms with Crippen molar-refractivity contribution >= 4 is 50.8 Å². The Balaban J connectivity index is 1.84. The molecule has 4 aromatic carbocycles. The Morgan fingerprint density at radius 3 is 1.51 bits per heavy atom. The number of hydrogen-bond donors (Lipinski definition) is 1. The number of rotatable bonds is 15. The molecule has 4 rings (SSSR count). The molecule has 0 spiro atoms. The number of benzene rings is 4. The summed E-state index contributed by atoms with van der Waals surface area (Å²) in [7, 11) is -2.79. The minimum absolute atomic E-state index is 0.180. The first-order valence-corrected chi connectivity index (χ1v) is 20.4. The van der Waals surface area contributed by atoms with Crippen LogP contribution < -0.4 is 26.0 Å². The van der Waals surface area contributed by atoms with Crippen molar-refractivity contribution in [1.82, 2.24) is 0 Å². The second-order valence-electron chi connectivity index (χ2n) is 9.60. The van der Waals surface area contributed by atoms with Gasteiger partial charge in [0, 0.05) is 0 Å². The van der Waals surface area contributed by atoms with Crippen LogP contribution in [0.15, 0.2) is 109 Å². The summed E-state index contributed by atoms with van der Waals surface area (Å²) in [6, 6.07) is 37.5. The Kier molecular flexibility index (Phi) is 10.8. The summed E-state index contributed by atoms with van der Waals surface area (Å²) in [6.07, 6.45) is 0.701. The topological polar surface area (TPSA) is 57.2 Å². The van der Waals surface area contributed by atoms with Gasteiger partial charge in [-0.25, -0.2) is 0 Å². The average molecular weight is 656 g/mol. The van der Waals surface area contributed by atoms with Crippen molar-refractivity contribution in [2.75, 3.05) is 26.4 Å². The van der Waals surface area contributed by atoms with Gasteiger partial charge in [0.2, 0.25) is 0 Å². The van der Waals surface area contributed by atoms with Gasteiger partial charge < -0.3 is 0 Å². The van der Waals surface area contributed by atoms with E-state index < -0.39 is 14.1 Å². The molecule has 0 saturated heterocycles. The number of phenolic OH excluding ortho intramolecular Hbond substituents is 1. The number of hydrogen-bond acceptors (Lipinski definition) is 5. The molecule has 0 radical (unpaired) electrons. The number of aromatic hydroxyl groups is 1. The van der Waals surface area contributed by atoms with Crippen LogP contribution in [0.2, 0.25) is 6.04 Å². The van der Waals surface area contributed by atoms with E-state index in [2.05, 4.69) is 88.3 Å². The Morgan fingerprint density at radius 1 is 0.659 bits per heavy atom. The third kappa shape index (κ3) is 6.31. The summed E-state index contributed by atoms with van der Waals surface area (Å²) in [4.78, 5) is 0. The Bertz CT molecular complexity index is 1260. The molecule has 0 heterocycles. The van der Waals surface area contributed by atoms with Crippen LogP contribution in [0.25, 0.3) is 0 Å². The van der Waals surface area contributed by atoms with Crippen molar-refractivity contribution < 1.29 is 23.1 Å². The van der Waals surface area contributed by atoms with Crippen molar-refractivity contribution in [3.8, 4) is 11.5 Å². The molecule has 4 aromatic rings. The van der Waals surface area contributed by atoms with Gasteiger partial charge in [-0.05, 0) is 0 Å². The fourth-order valence-corrected chi connectivity index (χ4v) is 15.8. The van der Waals surface area contributed by atoms with Crippen LogP contribution in [0.1, 0.15) is 27.2 Å². The monoisotopic (exact) mass is 654 g/mol. The first kappa shape index (κ1) is 31.4. The van der Waals surface area contributed by atoms with E-state index in [0.29, 0.717) is 44.6 Å². The van der Waals surface area contributed by atoms with Crippen molar-refractivity contribution in [3.63, 3.8) is 0 Å². The standard InChI is InChI=1S/C33H40BrO5PSi/c1-4-37-41(38-5-2,39-6-3)26-16-25-36-32-24-23-28(35)27-33(32)40(34,29-17-10-7-11-18-29,30-19-12-8-13-20-30)31-21-14-9-15-22-31/h7-15,17-24,27,35H,4-6,16,25-26H2,1-3H3. The molecule has 0 atom stereocenters. The van der Waals surface area contributed by atoms with E-state index in [4.69, 9.17) is 18.0 Å². The van der Waals surface area contributed by atoms with Gasteiger partial charge in [-0.1, -0.05) is 0 Å². The molecule has 1 N–H and O–H groups in total. The molecule has 0 aliphatic heterocycles. The number of ether oxygens (including phenoxy) is 1. The van der Waals surface area contributed by atoms with Gasteiger partial charge in [0.05, 0.1) is 0 Å². The summed E-state index contributed by atoms with van der Waals surface area (Å²) < 4.78 is 24.8. The zero-order valence-electron chi connectivity index (χ0n) is 24.0. The third-order valence-corrected chi connectivity index (χ3v) is 20.1. The van der Waals surface area contributed by atoms with Crippen molar-refractivity contribution in [3.05, 3.63) is 109 Å². The van der Waals surface area contributed by atoms with Gasteiger partial charge in [0.25, 0.3) is 0 Å². The van der Waals surface area contributed by atoms with E-state index in [1.807, 2.05) is 51.1 Å². The van der Waals surface area contributed by atoms with Gasteiger partial charge in [-0.3, -0.25) is 0 Å². The van der Waals surface area contributed by atoms with E-state index in [-0.39, 0.29) is 5.75 Å². The van der Waals surface area contributed by atoms with E-state index in [1.165, 1.54) is 0 Å². The molecule has 5 nitrogen and oxygen atoms in total. The normalized spacial score (nSPS) is 12.9. The van der Waals surface area contributed by atoms with Crippen LogP contribution in [0.5, 0.6) is 11.5 Å². The van der Waals surface area contributed by atoms with Gasteiger partial charge in [-0.2, -0.15) is 0 Å². The summed E-state index contributed by atoms with van der Waals surface area (Å²) >= 11 is 4.50. The molecular formula is C33H40BrO5PSi. The Morgan fingerprint density at radius 2 is 1.10 bits per heavy atom.